The van der Waals surface area contributed by atoms with Crippen molar-refractivity contribution in [1.29, 1.82) is 0 Å². The Morgan fingerprint density at radius 3 is 2.60 bits per heavy atom. The first kappa shape index (κ1) is 18.2. The number of hydrogen-bond donors (Lipinski definition) is 2. The summed E-state index contributed by atoms with van der Waals surface area (Å²) in [6, 6.07) is 0.911. The summed E-state index contributed by atoms with van der Waals surface area (Å²) in [6.07, 6.45) is 7.87. The average Bonchev–Trinajstić information content (AvgIpc) is 3.23. The first-order valence-electron chi connectivity index (χ1n) is 9.33. The molecule has 0 radical (unpaired) electrons. The largest absolute Gasteiger partial charge is 0.385 e. The van der Waals surface area contributed by atoms with E-state index in [1.807, 2.05) is 22.7 Å². The summed E-state index contributed by atoms with van der Waals surface area (Å²) in [5, 5.41) is 13.7. The lowest BCUT2D eigenvalue weighted by atomic mass is 9.91. The zero-order valence-electron chi connectivity index (χ0n) is 15.6. The Bertz CT molecular complexity index is 580. The van der Waals surface area contributed by atoms with Gasteiger partial charge in [0, 0.05) is 44.6 Å². The van der Waals surface area contributed by atoms with E-state index in [4.69, 9.17) is 0 Å². The molecule has 1 aromatic heterocycles. The summed E-state index contributed by atoms with van der Waals surface area (Å²) in [5.41, 5.74) is 0. The Morgan fingerprint density at radius 2 is 2.04 bits per heavy atom. The van der Waals surface area contributed by atoms with Crippen LogP contribution in [0.2, 0.25) is 0 Å². The zero-order chi connectivity index (χ0) is 18.0. The molecule has 1 aromatic rings. The molecule has 1 aliphatic carbocycles. The van der Waals surface area contributed by atoms with Crippen molar-refractivity contribution >= 4 is 6.03 Å². The number of nitrogens with one attached hydrogen (secondary N) is 1. The van der Waals surface area contributed by atoms with Gasteiger partial charge in [-0.2, -0.15) is 0 Å². The maximum atomic E-state index is 12.5. The van der Waals surface area contributed by atoms with Gasteiger partial charge in [0.05, 0.1) is 0 Å². The number of likely N-dealkylation sites (tertiary alicyclic amines) is 1. The topological polar surface area (TPSA) is 73.6 Å². The number of carbonyl (C=O) groups is 1. The van der Waals surface area contributed by atoms with Crippen LogP contribution in [-0.2, 0) is 7.05 Å². The fraction of sp³-hybridized carbons (Fsp3) is 0.778. The predicted octanol–water partition coefficient (Wildman–Crippen LogP) is 1.36. The Labute approximate surface area is 150 Å². The van der Waals surface area contributed by atoms with Crippen LogP contribution < -0.4 is 5.32 Å². The number of piperidine rings is 1. The Kier molecular flexibility index (Phi) is 5.64. The fourth-order valence-electron chi connectivity index (χ4n) is 4.11. The van der Waals surface area contributed by atoms with Crippen LogP contribution in [0.3, 0.4) is 0 Å². The van der Waals surface area contributed by atoms with E-state index >= 15 is 0 Å². The standard InChI is InChI=1S/C18H31N5O2/c1-21(2)15-5-4-14(12-15)20-18(25)23-9-6-13(7-10-23)16(24)17-19-8-11-22(17)3/h8,11,13-16,24H,4-7,9-10,12H2,1-3H3,(H,20,25). The van der Waals surface area contributed by atoms with Crippen molar-refractivity contribution < 1.29 is 9.90 Å². The van der Waals surface area contributed by atoms with Gasteiger partial charge in [-0.25, -0.2) is 9.78 Å². The molecule has 2 N–H and O–H groups in total. The molecule has 0 bridgehead atoms. The highest BCUT2D eigenvalue weighted by molar-refractivity contribution is 5.74. The Hall–Kier alpha value is -1.60. The number of hydrogen-bond acceptors (Lipinski definition) is 4. The lowest BCUT2D eigenvalue weighted by molar-refractivity contribution is 0.0580. The van der Waals surface area contributed by atoms with Crippen molar-refractivity contribution in [2.75, 3.05) is 27.2 Å². The van der Waals surface area contributed by atoms with Crippen LogP contribution in [0.4, 0.5) is 4.79 Å². The molecule has 7 heteroatoms. The molecule has 1 saturated carbocycles. The van der Waals surface area contributed by atoms with Crippen LogP contribution in [-0.4, -0.2) is 69.8 Å². The van der Waals surface area contributed by atoms with Gasteiger partial charge in [0.25, 0.3) is 0 Å². The van der Waals surface area contributed by atoms with Gasteiger partial charge in [-0.1, -0.05) is 0 Å². The number of nitrogens with zero attached hydrogens (tertiary/aromatic N) is 4. The van der Waals surface area contributed by atoms with Gasteiger partial charge in [0.2, 0.25) is 0 Å². The van der Waals surface area contributed by atoms with Gasteiger partial charge in [0.15, 0.2) is 0 Å². The second kappa shape index (κ2) is 7.74. The number of rotatable bonds is 4. The molecule has 1 saturated heterocycles. The lowest BCUT2D eigenvalue weighted by Crippen LogP contribution is -2.48. The second-order valence-corrected chi connectivity index (χ2v) is 7.74. The number of aliphatic hydroxyl groups excluding tert-OH is 1. The highest BCUT2D eigenvalue weighted by Crippen LogP contribution is 2.30. The van der Waals surface area contributed by atoms with E-state index in [9.17, 15) is 9.90 Å². The Balaban J connectivity index is 1.46. The molecule has 3 atom stereocenters. The first-order chi connectivity index (χ1) is 12.0. The first-order valence-corrected chi connectivity index (χ1v) is 9.33. The number of aliphatic hydroxyl groups is 1. The number of carbonyl (C=O) groups excluding carboxylic acids is 1. The van der Waals surface area contributed by atoms with Crippen LogP contribution in [0.15, 0.2) is 12.4 Å². The number of amides is 2. The molecule has 2 amide bonds. The minimum Gasteiger partial charge on any atom is -0.385 e. The maximum absolute atomic E-state index is 12.5. The molecule has 2 heterocycles. The van der Waals surface area contributed by atoms with E-state index in [0.717, 1.165) is 32.1 Å². The maximum Gasteiger partial charge on any atom is 0.317 e. The molecule has 3 unspecified atom stereocenters. The Morgan fingerprint density at radius 1 is 1.32 bits per heavy atom. The van der Waals surface area contributed by atoms with Gasteiger partial charge in [0.1, 0.15) is 11.9 Å². The molecular weight excluding hydrogens is 318 g/mol. The molecule has 7 nitrogen and oxygen atoms in total. The molecule has 2 fully saturated rings. The van der Waals surface area contributed by atoms with E-state index in [-0.39, 0.29) is 18.0 Å². The molecule has 140 valence electrons. The van der Waals surface area contributed by atoms with E-state index in [0.29, 0.717) is 25.0 Å². The van der Waals surface area contributed by atoms with Crippen LogP contribution in [0.5, 0.6) is 0 Å². The average molecular weight is 349 g/mol. The molecule has 25 heavy (non-hydrogen) atoms. The van der Waals surface area contributed by atoms with Crippen LogP contribution in [0.1, 0.15) is 44.0 Å². The van der Waals surface area contributed by atoms with Gasteiger partial charge < -0.3 is 24.8 Å². The third kappa shape index (κ3) is 4.15. The smallest absolute Gasteiger partial charge is 0.317 e. The summed E-state index contributed by atoms with van der Waals surface area (Å²) >= 11 is 0. The lowest BCUT2D eigenvalue weighted by Gasteiger charge is -2.34. The number of urea groups is 1. The molecular formula is C18H31N5O2. The van der Waals surface area contributed by atoms with Crippen molar-refractivity contribution in [2.45, 2.75) is 50.3 Å². The van der Waals surface area contributed by atoms with Crippen molar-refractivity contribution in [3.8, 4) is 0 Å². The fourth-order valence-corrected chi connectivity index (χ4v) is 4.11. The van der Waals surface area contributed by atoms with Crippen LogP contribution >= 0.6 is 0 Å². The summed E-state index contributed by atoms with van der Waals surface area (Å²) < 4.78 is 1.87. The molecule has 1 aliphatic heterocycles. The summed E-state index contributed by atoms with van der Waals surface area (Å²) in [6.45, 7) is 1.39. The number of imidazole rings is 1. The van der Waals surface area contributed by atoms with Gasteiger partial charge in [-0.3, -0.25) is 0 Å². The molecule has 0 spiro atoms. The second-order valence-electron chi connectivity index (χ2n) is 7.74. The minimum atomic E-state index is -0.555. The normalized spacial score (nSPS) is 26.2. The number of aryl methyl sites for hydroxylation is 1. The highest BCUT2D eigenvalue weighted by Gasteiger charge is 2.32. The van der Waals surface area contributed by atoms with Crippen molar-refractivity contribution in [3.05, 3.63) is 18.2 Å². The van der Waals surface area contributed by atoms with Gasteiger partial charge in [-0.15, -0.1) is 0 Å². The monoisotopic (exact) mass is 349 g/mol. The third-order valence-corrected chi connectivity index (χ3v) is 5.86. The molecule has 3 rings (SSSR count). The molecule has 2 aliphatic rings. The summed E-state index contributed by atoms with van der Waals surface area (Å²) in [5.74, 6) is 0.873. The SMILES string of the molecule is CN(C)C1CCC(NC(=O)N2CCC(C(O)c3nccn3C)CC2)C1. The van der Waals surface area contributed by atoms with Crippen molar-refractivity contribution in [2.24, 2.45) is 13.0 Å². The van der Waals surface area contributed by atoms with E-state index in [1.54, 1.807) is 6.20 Å². The van der Waals surface area contributed by atoms with E-state index in [1.165, 1.54) is 0 Å². The van der Waals surface area contributed by atoms with Crippen molar-refractivity contribution in [1.82, 2.24) is 24.7 Å². The minimum absolute atomic E-state index is 0.0503. The van der Waals surface area contributed by atoms with E-state index in [2.05, 4.69) is 29.3 Å². The highest BCUT2D eigenvalue weighted by atomic mass is 16.3. The van der Waals surface area contributed by atoms with Gasteiger partial charge in [-0.05, 0) is 52.1 Å². The summed E-state index contributed by atoms with van der Waals surface area (Å²) in [4.78, 5) is 20.9. The quantitative estimate of drug-likeness (QED) is 0.861. The van der Waals surface area contributed by atoms with Crippen LogP contribution in [0, 0.1) is 5.92 Å². The third-order valence-electron chi connectivity index (χ3n) is 5.86. The zero-order valence-corrected chi connectivity index (χ0v) is 15.6. The van der Waals surface area contributed by atoms with Crippen molar-refractivity contribution in [3.63, 3.8) is 0 Å². The molecule has 0 aromatic carbocycles. The van der Waals surface area contributed by atoms with Gasteiger partial charge >= 0.3 is 6.03 Å². The predicted molar refractivity (Wildman–Crippen MR) is 96.1 cm³/mol. The number of aromatic nitrogens is 2. The van der Waals surface area contributed by atoms with E-state index < -0.39 is 6.10 Å². The summed E-state index contributed by atoms with van der Waals surface area (Å²) in [7, 11) is 6.11. The van der Waals surface area contributed by atoms with Crippen LogP contribution in [0.25, 0.3) is 0 Å².